The molecule has 0 spiro atoms. The fraction of sp³-hybridized carbons (Fsp3) is 0.318. The molecule has 0 radical (unpaired) electrons. The number of aliphatic hydroxyl groups is 1. The number of benzene rings is 2. The van der Waals surface area contributed by atoms with Gasteiger partial charge in [0.1, 0.15) is 0 Å². The maximum absolute atomic E-state index is 11.8. The number of hydrogen-bond donors (Lipinski definition) is 1. The molecule has 0 saturated carbocycles. The summed E-state index contributed by atoms with van der Waals surface area (Å²) >= 11 is 0. The summed E-state index contributed by atoms with van der Waals surface area (Å²) in [6.45, 7) is 4.27. The van der Waals surface area contributed by atoms with Crippen LogP contribution in [0.15, 0.2) is 60.7 Å². The molecule has 0 unspecified atom stereocenters. The third-order valence-corrected chi connectivity index (χ3v) is 4.14. The fourth-order valence-corrected chi connectivity index (χ4v) is 2.81. The molecule has 25 heavy (non-hydrogen) atoms. The third-order valence-electron chi connectivity index (χ3n) is 4.14. The lowest BCUT2D eigenvalue weighted by Crippen LogP contribution is -2.09. The average Bonchev–Trinajstić information content (AvgIpc) is 2.63. The summed E-state index contributed by atoms with van der Waals surface area (Å²) in [6, 6.07) is 16.4. The Balaban J connectivity index is 2.06. The van der Waals surface area contributed by atoms with Crippen LogP contribution in [0.1, 0.15) is 48.4 Å². The highest BCUT2D eigenvalue weighted by Crippen LogP contribution is 2.23. The number of carbonyl (C=O) groups is 1. The number of allylic oxidation sites excluding steroid dienone is 2. The highest BCUT2D eigenvalue weighted by Gasteiger charge is 2.14. The van der Waals surface area contributed by atoms with Crippen molar-refractivity contribution in [3.05, 3.63) is 82.9 Å². The first-order valence-corrected chi connectivity index (χ1v) is 8.72. The number of rotatable bonds is 8. The van der Waals surface area contributed by atoms with Crippen molar-refractivity contribution in [1.82, 2.24) is 0 Å². The molecule has 0 bridgehead atoms. The van der Waals surface area contributed by atoms with Crippen molar-refractivity contribution in [1.29, 1.82) is 0 Å². The second-order valence-electron chi connectivity index (χ2n) is 6.03. The summed E-state index contributed by atoms with van der Waals surface area (Å²) in [5.74, 6) is -0.124. The Morgan fingerprint density at radius 2 is 1.60 bits per heavy atom. The van der Waals surface area contributed by atoms with E-state index in [0.29, 0.717) is 13.0 Å². The molecule has 0 fully saturated rings. The van der Waals surface area contributed by atoms with E-state index in [4.69, 9.17) is 9.84 Å². The molecule has 0 aliphatic carbocycles. The van der Waals surface area contributed by atoms with E-state index >= 15 is 0 Å². The Hall–Kier alpha value is -2.39. The van der Waals surface area contributed by atoms with Gasteiger partial charge in [-0.3, -0.25) is 4.79 Å². The van der Waals surface area contributed by atoms with Crippen LogP contribution in [0.4, 0.5) is 0 Å². The summed E-state index contributed by atoms with van der Waals surface area (Å²) in [6.07, 6.45) is 5.22. The lowest BCUT2D eigenvalue weighted by Gasteiger charge is -2.13. The summed E-state index contributed by atoms with van der Waals surface area (Å²) in [5.41, 5.74) is 4.47. The Morgan fingerprint density at radius 1 is 1.04 bits per heavy atom. The predicted molar refractivity (Wildman–Crippen MR) is 100 cm³/mol. The fourth-order valence-electron chi connectivity index (χ4n) is 2.81. The summed E-state index contributed by atoms with van der Waals surface area (Å²) in [4.78, 5) is 11.8. The minimum atomic E-state index is -0.168. The first-order chi connectivity index (χ1) is 12.2. The van der Waals surface area contributed by atoms with E-state index < -0.39 is 0 Å². The van der Waals surface area contributed by atoms with Crippen LogP contribution in [0.2, 0.25) is 0 Å². The lowest BCUT2D eigenvalue weighted by molar-refractivity contribution is -0.143. The zero-order valence-electron chi connectivity index (χ0n) is 14.9. The van der Waals surface area contributed by atoms with Crippen molar-refractivity contribution in [2.45, 2.75) is 39.2 Å². The molecule has 0 amide bonds. The molecule has 2 rings (SSSR count). The molecule has 0 heterocycles. The van der Waals surface area contributed by atoms with Crippen LogP contribution < -0.4 is 0 Å². The zero-order valence-corrected chi connectivity index (χ0v) is 14.9. The van der Waals surface area contributed by atoms with Crippen molar-refractivity contribution >= 4 is 5.97 Å². The first-order valence-electron chi connectivity index (χ1n) is 8.72. The summed E-state index contributed by atoms with van der Waals surface area (Å²) in [7, 11) is 0. The Kier molecular flexibility index (Phi) is 7.42. The molecule has 1 N–H and O–H groups in total. The molecule has 2 aromatic carbocycles. The SMILES string of the molecule is CC=C[C@H](CC(=O)OCC)c1ccc(Cc2ccc(CO)cc2)cc1. The standard InChI is InChI=1S/C22H26O3/c1-3-5-21(15-22(24)25-4-2)20-12-10-18(11-13-20)14-17-6-8-19(16-23)9-7-17/h3,5-13,21,23H,4,14-16H2,1-2H3/t21-/m1/s1. The van der Waals surface area contributed by atoms with Gasteiger partial charge in [-0.15, -0.1) is 0 Å². The van der Waals surface area contributed by atoms with E-state index in [9.17, 15) is 4.79 Å². The highest BCUT2D eigenvalue weighted by atomic mass is 16.5. The van der Waals surface area contributed by atoms with Gasteiger partial charge >= 0.3 is 5.97 Å². The topological polar surface area (TPSA) is 46.5 Å². The van der Waals surface area contributed by atoms with E-state index in [0.717, 1.165) is 17.5 Å². The van der Waals surface area contributed by atoms with Gasteiger partial charge in [-0.05, 0) is 42.5 Å². The smallest absolute Gasteiger partial charge is 0.306 e. The van der Waals surface area contributed by atoms with Crippen molar-refractivity contribution < 1.29 is 14.6 Å². The number of hydrogen-bond acceptors (Lipinski definition) is 3. The molecule has 3 heteroatoms. The van der Waals surface area contributed by atoms with E-state index in [1.165, 1.54) is 11.1 Å². The van der Waals surface area contributed by atoms with Crippen molar-refractivity contribution in [2.24, 2.45) is 0 Å². The molecule has 2 aromatic rings. The number of ether oxygens (including phenoxy) is 1. The number of carbonyl (C=O) groups excluding carboxylic acids is 1. The van der Waals surface area contributed by atoms with Crippen LogP contribution in [0.3, 0.4) is 0 Å². The molecule has 132 valence electrons. The second kappa shape index (κ2) is 9.80. The normalized spacial score (nSPS) is 12.3. The molecular formula is C22H26O3. The molecule has 0 aromatic heterocycles. The van der Waals surface area contributed by atoms with Gasteiger partial charge in [0.05, 0.1) is 19.6 Å². The molecule has 0 saturated heterocycles. The van der Waals surface area contributed by atoms with Crippen molar-refractivity contribution in [3.8, 4) is 0 Å². The zero-order chi connectivity index (χ0) is 18.1. The monoisotopic (exact) mass is 338 g/mol. The van der Waals surface area contributed by atoms with Gasteiger partial charge in [-0.25, -0.2) is 0 Å². The maximum atomic E-state index is 11.8. The van der Waals surface area contributed by atoms with E-state index in [-0.39, 0.29) is 18.5 Å². The van der Waals surface area contributed by atoms with E-state index in [2.05, 4.69) is 24.3 Å². The van der Waals surface area contributed by atoms with Crippen molar-refractivity contribution in [2.75, 3.05) is 6.61 Å². The van der Waals surface area contributed by atoms with Gasteiger partial charge < -0.3 is 9.84 Å². The van der Waals surface area contributed by atoms with Crippen LogP contribution in [-0.2, 0) is 22.6 Å². The Bertz CT molecular complexity index is 684. The average molecular weight is 338 g/mol. The van der Waals surface area contributed by atoms with Crippen LogP contribution in [-0.4, -0.2) is 17.7 Å². The van der Waals surface area contributed by atoms with Gasteiger partial charge in [0.2, 0.25) is 0 Å². The molecular weight excluding hydrogens is 312 g/mol. The molecule has 3 nitrogen and oxygen atoms in total. The number of esters is 1. The highest BCUT2D eigenvalue weighted by molar-refractivity contribution is 5.71. The van der Waals surface area contributed by atoms with Crippen LogP contribution in [0.5, 0.6) is 0 Å². The van der Waals surface area contributed by atoms with Crippen LogP contribution >= 0.6 is 0 Å². The summed E-state index contributed by atoms with van der Waals surface area (Å²) in [5, 5.41) is 9.10. The van der Waals surface area contributed by atoms with Crippen molar-refractivity contribution in [3.63, 3.8) is 0 Å². The number of aliphatic hydroxyl groups excluding tert-OH is 1. The van der Waals surface area contributed by atoms with E-state index in [1.54, 1.807) is 0 Å². The third kappa shape index (κ3) is 5.87. The largest absolute Gasteiger partial charge is 0.466 e. The van der Waals surface area contributed by atoms with Gasteiger partial charge in [0, 0.05) is 5.92 Å². The Labute approximate surface area is 150 Å². The van der Waals surface area contributed by atoms with Crippen LogP contribution in [0, 0.1) is 0 Å². The van der Waals surface area contributed by atoms with E-state index in [1.807, 2.05) is 50.3 Å². The minimum Gasteiger partial charge on any atom is -0.466 e. The quantitative estimate of drug-likeness (QED) is 0.574. The first kappa shape index (κ1) is 18.9. The summed E-state index contributed by atoms with van der Waals surface area (Å²) < 4.78 is 5.07. The van der Waals surface area contributed by atoms with Gasteiger partial charge in [-0.2, -0.15) is 0 Å². The molecule has 0 aliphatic heterocycles. The molecule has 1 atom stereocenters. The Morgan fingerprint density at radius 3 is 2.12 bits per heavy atom. The predicted octanol–water partition coefficient (Wildman–Crippen LogP) is 4.38. The second-order valence-corrected chi connectivity index (χ2v) is 6.03. The minimum absolute atomic E-state index is 0.0435. The molecule has 0 aliphatic rings. The van der Waals surface area contributed by atoms with Gasteiger partial charge in [-0.1, -0.05) is 60.7 Å². The maximum Gasteiger partial charge on any atom is 0.306 e. The lowest BCUT2D eigenvalue weighted by atomic mass is 9.93. The van der Waals surface area contributed by atoms with Crippen LogP contribution in [0.25, 0.3) is 0 Å². The van der Waals surface area contributed by atoms with Gasteiger partial charge in [0.25, 0.3) is 0 Å². The van der Waals surface area contributed by atoms with Gasteiger partial charge in [0.15, 0.2) is 0 Å².